The molecule has 2 rings (SSSR count). The molecule has 1 aliphatic heterocycles. The van der Waals surface area contributed by atoms with Crippen molar-refractivity contribution in [3.63, 3.8) is 0 Å². The van der Waals surface area contributed by atoms with Gasteiger partial charge in [0.2, 0.25) is 15.9 Å². The molecule has 1 heterocycles. The van der Waals surface area contributed by atoms with Crippen molar-refractivity contribution >= 4 is 39.2 Å². The number of benzene rings is 1. The lowest BCUT2D eigenvalue weighted by atomic mass is 9.98. The molecule has 1 N–H and O–H groups in total. The van der Waals surface area contributed by atoms with Crippen molar-refractivity contribution in [1.82, 2.24) is 4.31 Å². The first kappa shape index (κ1) is 20.7. The van der Waals surface area contributed by atoms with Crippen molar-refractivity contribution in [2.45, 2.75) is 26.7 Å². The van der Waals surface area contributed by atoms with Gasteiger partial charge < -0.3 is 10.1 Å². The SMILES string of the molecule is CCOC(=O)c1ccc(NC(=O)[C@H]2CCCN(S(=O)(=O)CC)C2)cc1Cl. The third kappa shape index (κ3) is 4.96. The Bertz CT molecular complexity index is 781. The topological polar surface area (TPSA) is 92.8 Å². The van der Waals surface area contributed by atoms with Gasteiger partial charge in [0.25, 0.3) is 0 Å². The van der Waals surface area contributed by atoms with Gasteiger partial charge in [-0.05, 0) is 44.9 Å². The Morgan fingerprint density at radius 3 is 2.69 bits per heavy atom. The number of esters is 1. The van der Waals surface area contributed by atoms with Crippen LogP contribution < -0.4 is 5.32 Å². The van der Waals surface area contributed by atoms with E-state index >= 15 is 0 Å². The first-order chi connectivity index (χ1) is 12.3. The van der Waals surface area contributed by atoms with Gasteiger partial charge in [-0.1, -0.05) is 11.6 Å². The predicted molar refractivity (Wildman–Crippen MR) is 99.8 cm³/mol. The number of hydrogen-bond acceptors (Lipinski definition) is 5. The highest BCUT2D eigenvalue weighted by molar-refractivity contribution is 7.89. The molecule has 0 aromatic heterocycles. The van der Waals surface area contributed by atoms with Crippen LogP contribution >= 0.6 is 11.6 Å². The van der Waals surface area contributed by atoms with Crippen molar-refractivity contribution < 1.29 is 22.7 Å². The Morgan fingerprint density at radius 2 is 2.08 bits per heavy atom. The third-order valence-electron chi connectivity index (χ3n) is 4.25. The number of halogens is 1. The Kier molecular flexibility index (Phi) is 7.02. The van der Waals surface area contributed by atoms with Gasteiger partial charge in [0.05, 0.1) is 28.9 Å². The van der Waals surface area contributed by atoms with Gasteiger partial charge in [0.15, 0.2) is 0 Å². The summed E-state index contributed by atoms with van der Waals surface area (Å²) in [5, 5.41) is 2.92. The number of piperidine rings is 1. The number of anilines is 1. The standard InChI is InChI=1S/C17H23ClN2O5S/c1-3-25-17(22)14-8-7-13(10-15(14)18)19-16(21)12-6-5-9-20(11-12)26(23,24)4-2/h7-8,10,12H,3-6,9,11H2,1-2H3,(H,19,21)/t12-/m0/s1. The van der Waals surface area contributed by atoms with Crippen LogP contribution in [0.5, 0.6) is 0 Å². The molecular weight excluding hydrogens is 380 g/mol. The number of carbonyl (C=O) groups is 2. The average Bonchev–Trinajstić information content (AvgIpc) is 2.62. The zero-order valence-corrected chi connectivity index (χ0v) is 16.4. The van der Waals surface area contributed by atoms with E-state index in [0.29, 0.717) is 25.1 Å². The van der Waals surface area contributed by atoms with E-state index < -0.39 is 21.9 Å². The van der Waals surface area contributed by atoms with E-state index in [4.69, 9.17) is 16.3 Å². The molecule has 0 aliphatic carbocycles. The smallest absolute Gasteiger partial charge is 0.339 e. The molecule has 1 aromatic rings. The van der Waals surface area contributed by atoms with Crippen LogP contribution in [0.1, 0.15) is 37.0 Å². The number of hydrogen-bond donors (Lipinski definition) is 1. The summed E-state index contributed by atoms with van der Waals surface area (Å²) in [7, 11) is -3.31. The largest absolute Gasteiger partial charge is 0.462 e. The van der Waals surface area contributed by atoms with Crippen molar-refractivity contribution in [1.29, 1.82) is 0 Å². The van der Waals surface area contributed by atoms with E-state index in [1.54, 1.807) is 19.9 Å². The molecule has 1 saturated heterocycles. The molecule has 1 atom stereocenters. The summed E-state index contributed by atoms with van der Waals surface area (Å²) in [4.78, 5) is 24.2. The van der Waals surface area contributed by atoms with E-state index in [-0.39, 0.29) is 35.4 Å². The Morgan fingerprint density at radius 1 is 1.35 bits per heavy atom. The maximum atomic E-state index is 12.5. The van der Waals surface area contributed by atoms with E-state index in [9.17, 15) is 18.0 Å². The molecule has 144 valence electrons. The van der Waals surface area contributed by atoms with Crippen LogP contribution in [0.3, 0.4) is 0 Å². The summed E-state index contributed by atoms with van der Waals surface area (Å²) in [6.45, 7) is 4.15. The highest BCUT2D eigenvalue weighted by Crippen LogP contribution is 2.24. The molecule has 0 saturated carbocycles. The maximum absolute atomic E-state index is 12.5. The maximum Gasteiger partial charge on any atom is 0.339 e. The van der Waals surface area contributed by atoms with Crippen molar-refractivity contribution in [2.24, 2.45) is 5.92 Å². The molecule has 0 radical (unpaired) electrons. The molecule has 1 fully saturated rings. The molecule has 0 spiro atoms. The number of carbonyl (C=O) groups excluding carboxylic acids is 2. The molecule has 7 nitrogen and oxygen atoms in total. The van der Waals surface area contributed by atoms with E-state index in [0.717, 1.165) is 0 Å². The first-order valence-electron chi connectivity index (χ1n) is 8.53. The lowest BCUT2D eigenvalue weighted by Gasteiger charge is -2.30. The quantitative estimate of drug-likeness (QED) is 0.738. The second-order valence-corrected chi connectivity index (χ2v) is 8.67. The Balaban J connectivity index is 2.05. The molecule has 0 unspecified atom stereocenters. The fraction of sp³-hybridized carbons (Fsp3) is 0.529. The number of nitrogens with zero attached hydrogens (tertiary/aromatic N) is 1. The van der Waals surface area contributed by atoms with E-state index in [1.165, 1.54) is 16.4 Å². The highest BCUT2D eigenvalue weighted by Gasteiger charge is 2.31. The predicted octanol–water partition coefficient (Wildman–Crippen LogP) is 2.52. The van der Waals surface area contributed by atoms with Crippen LogP contribution in [-0.2, 0) is 19.6 Å². The summed E-state index contributed by atoms with van der Waals surface area (Å²) < 4.78 is 30.3. The van der Waals surface area contributed by atoms with Gasteiger partial charge in [-0.2, -0.15) is 0 Å². The molecule has 1 aliphatic rings. The summed E-state index contributed by atoms with van der Waals surface area (Å²) in [5.41, 5.74) is 0.674. The van der Waals surface area contributed by atoms with Crippen molar-refractivity contribution in [3.05, 3.63) is 28.8 Å². The molecule has 26 heavy (non-hydrogen) atoms. The molecule has 9 heteroatoms. The fourth-order valence-corrected chi connectivity index (χ4v) is 4.24. The lowest BCUT2D eigenvalue weighted by molar-refractivity contribution is -0.120. The summed E-state index contributed by atoms with van der Waals surface area (Å²) in [5.74, 6) is -1.19. The number of nitrogens with one attached hydrogen (secondary N) is 1. The monoisotopic (exact) mass is 402 g/mol. The fourth-order valence-electron chi connectivity index (χ4n) is 2.80. The minimum Gasteiger partial charge on any atom is -0.462 e. The van der Waals surface area contributed by atoms with Crippen LogP contribution in [0.2, 0.25) is 5.02 Å². The second-order valence-electron chi connectivity index (χ2n) is 6.00. The number of ether oxygens (including phenoxy) is 1. The van der Waals surface area contributed by atoms with Gasteiger partial charge >= 0.3 is 5.97 Å². The number of rotatable bonds is 6. The summed E-state index contributed by atoms with van der Waals surface area (Å²) >= 11 is 6.09. The number of sulfonamides is 1. The summed E-state index contributed by atoms with van der Waals surface area (Å²) in [6.07, 6.45) is 1.26. The third-order valence-corrected chi connectivity index (χ3v) is 6.41. The van der Waals surface area contributed by atoms with Crippen LogP contribution in [0.15, 0.2) is 18.2 Å². The Labute approximate surface area is 158 Å². The van der Waals surface area contributed by atoms with Crippen LogP contribution in [-0.4, -0.2) is 50.0 Å². The lowest BCUT2D eigenvalue weighted by Crippen LogP contribution is -2.44. The molecule has 0 bridgehead atoms. The van der Waals surface area contributed by atoms with Crippen molar-refractivity contribution in [2.75, 3.05) is 30.8 Å². The van der Waals surface area contributed by atoms with Crippen molar-refractivity contribution in [3.8, 4) is 0 Å². The normalized spacial score (nSPS) is 18.3. The van der Waals surface area contributed by atoms with Gasteiger partial charge in [-0.25, -0.2) is 17.5 Å². The first-order valence-corrected chi connectivity index (χ1v) is 10.5. The van der Waals surface area contributed by atoms with Gasteiger partial charge in [0.1, 0.15) is 0 Å². The average molecular weight is 403 g/mol. The molecule has 1 amide bonds. The van der Waals surface area contributed by atoms with E-state index in [2.05, 4.69) is 5.32 Å². The second kappa shape index (κ2) is 8.83. The van der Waals surface area contributed by atoms with Crippen LogP contribution in [0, 0.1) is 5.92 Å². The minimum atomic E-state index is -3.31. The highest BCUT2D eigenvalue weighted by atomic mass is 35.5. The minimum absolute atomic E-state index is 0.0201. The molecular formula is C17H23ClN2O5S. The van der Waals surface area contributed by atoms with Gasteiger partial charge in [0, 0.05) is 18.8 Å². The zero-order valence-electron chi connectivity index (χ0n) is 14.8. The van der Waals surface area contributed by atoms with Gasteiger partial charge in [-0.3, -0.25) is 4.79 Å². The Hall–Kier alpha value is -1.64. The zero-order chi connectivity index (χ0) is 19.3. The van der Waals surface area contributed by atoms with Crippen LogP contribution in [0.4, 0.5) is 5.69 Å². The summed E-state index contributed by atoms with van der Waals surface area (Å²) in [6, 6.07) is 4.54. The van der Waals surface area contributed by atoms with Gasteiger partial charge in [-0.15, -0.1) is 0 Å². The van der Waals surface area contributed by atoms with E-state index in [1.807, 2.05) is 0 Å². The molecule has 1 aromatic carbocycles. The van der Waals surface area contributed by atoms with Crippen LogP contribution in [0.25, 0.3) is 0 Å². The number of amides is 1.